The number of fused-ring (bicyclic) bond motifs is 1. The number of aromatic nitrogens is 1. The zero-order valence-corrected chi connectivity index (χ0v) is 19.2. The summed E-state index contributed by atoms with van der Waals surface area (Å²) in [6.07, 6.45) is 0. The summed E-state index contributed by atoms with van der Waals surface area (Å²) >= 11 is 1.57. The minimum Gasteiger partial charge on any atom is -0.378 e. The van der Waals surface area contributed by atoms with Crippen molar-refractivity contribution in [2.24, 2.45) is 0 Å². The van der Waals surface area contributed by atoms with E-state index in [9.17, 15) is 4.79 Å². The van der Waals surface area contributed by atoms with Crippen molar-refractivity contribution in [3.63, 3.8) is 0 Å². The van der Waals surface area contributed by atoms with Gasteiger partial charge in [-0.05, 0) is 47.4 Å². The van der Waals surface area contributed by atoms with E-state index in [-0.39, 0.29) is 5.91 Å². The summed E-state index contributed by atoms with van der Waals surface area (Å²) in [5, 5.41) is 0.730. The lowest BCUT2D eigenvalue weighted by atomic mass is 10.0. The molecule has 0 bridgehead atoms. The first kappa shape index (κ1) is 21.1. The van der Waals surface area contributed by atoms with Gasteiger partial charge in [-0.1, -0.05) is 67.6 Å². The first-order chi connectivity index (χ1) is 14.9. The van der Waals surface area contributed by atoms with E-state index in [1.165, 1.54) is 5.56 Å². The Balaban J connectivity index is 1.76. The smallest absolute Gasteiger partial charge is 0.260 e. The van der Waals surface area contributed by atoms with Gasteiger partial charge in [0, 0.05) is 25.3 Å². The molecule has 0 aliphatic carbocycles. The minimum atomic E-state index is -0.0423. The second-order valence-electron chi connectivity index (χ2n) is 8.16. The highest BCUT2D eigenvalue weighted by Crippen LogP contribution is 2.34. The molecule has 158 valence electrons. The van der Waals surface area contributed by atoms with E-state index < -0.39 is 0 Å². The molecular weight excluding hydrogens is 402 g/mol. The van der Waals surface area contributed by atoms with Crippen molar-refractivity contribution in [1.82, 2.24) is 4.98 Å². The minimum absolute atomic E-state index is 0.0423. The van der Waals surface area contributed by atoms with Crippen molar-refractivity contribution in [2.45, 2.75) is 26.3 Å². The van der Waals surface area contributed by atoms with Crippen molar-refractivity contribution < 1.29 is 4.79 Å². The van der Waals surface area contributed by atoms with Crippen LogP contribution < -0.4 is 9.80 Å². The van der Waals surface area contributed by atoms with Crippen molar-refractivity contribution in [2.75, 3.05) is 23.9 Å². The molecule has 0 aliphatic rings. The highest BCUT2D eigenvalue weighted by Gasteiger charge is 2.23. The molecule has 5 heteroatoms. The topological polar surface area (TPSA) is 36.4 Å². The summed E-state index contributed by atoms with van der Waals surface area (Å²) < 4.78 is 1.11. The van der Waals surface area contributed by atoms with Gasteiger partial charge in [-0.2, -0.15) is 0 Å². The molecule has 1 amide bonds. The Bertz CT molecular complexity index is 1180. The first-order valence-electron chi connectivity index (χ1n) is 10.5. The molecule has 0 radical (unpaired) electrons. The van der Waals surface area contributed by atoms with E-state index in [1.54, 1.807) is 16.2 Å². The zero-order chi connectivity index (χ0) is 22.0. The highest BCUT2D eigenvalue weighted by molar-refractivity contribution is 7.22. The van der Waals surface area contributed by atoms with Gasteiger partial charge in [0.15, 0.2) is 5.13 Å². The predicted octanol–water partition coefficient (Wildman–Crippen LogP) is 6.33. The molecule has 4 nitrogen and oxygen atoms in total. The molecule has 4 aromatic rings. The third-order valence-electron chi connectivity index (χ3n) is 5.35. The lowest BCUT2D eigenvalue weighted by Gasteiger charge is -2.21. The summed E-state index contributed by atoms with van der Waals surface area (Å²) in [5.74, 6) is 0.329. The number of rotatable bonds is 6. The van der Waals surface area contributed by atoms with E-state index in [2.05, 4.69) is 32.0 Å². The number of para-hydroxylation sites is 1. The fourth-order valence-corrected chi connectivity index (χ4v) is 4.59. The average molecular weight is 430 g/mol. The lowest BCUT2D eigenvalue weighted by Crippen LogP contribution is -2.30. The number of benzene rings is 3. The van der Waals surface area contributed by atoms with Gasteiger partial charge in [0.1, 0.15) is 0 Å². The van der Waals surface area contributed by atoms with Crippen LogP contribution in [0.15, 0.2) is 72.8 Å². The summed E-state index contributed by atoms with van der Waals surface area (Å²) in [6, 6.07) is 24.1. The van der Waals surface area contributed by atoms with Crippen LogP contribution in [0.1, 0.15) is 41.3 Å². The molecule has 0 spiro atoms. The second kappa shape index (κ2) is 8.90. The molecule has 0 unspecified atom stereocenters. The normalized spacial score (nSPS) is 11.1. The monoisotopic (exact) mass is 429 g/mol. The molecule has 3 aromatic carbocycles. The number of nitrogens with zero attached hydrogens (tertiary/aromatic N) is 3. The Morgan fingerprint density at radius 2 is 1.65 bits per heavy atom. The Morgan fingerprint density at radius 1 is 0.935 bits per heavy atom. The summed E-state index contributed by atoms with van der Waals surface area (Å²) in [6.45, 7) is 4.83. The van der Waals surface area contributed by atoms with Gasteiger partial charge in [0.2, 0.25) is 0 Å². The third kappa shape index (κ3) is 4.47. The van der Waals surface area contributed by atoms with Crippen LogP contribution in [0.2, 0.25) is 0 Å². The van der Waals surface area contributed by atoms with E-state index in [1.807, 2.05) is 73.6 Å². The Kier molecular flexibility index (Phi) is 6.05. The molecule has 0 N–H and O–H groups in total. The number of hydrogen-bond donors (Lipinski definition) is 0. The van der Waals surface area contributed by atoms with E-state index in [4.69, 9.17) is 4.98 Å². The summed E-state index contributed by atoms with van der Waals surface area (Å²) in [7, 11) is 3.98. The number of amides is 1. The molecule has 1 aromatic heterocycles. The maximum Gasteiger partial charge on any atom is 0.260 e. The van der Waals surface area contributed by atoms with Crippen LogP contribution in [-0.4, -0.2) is 25.0 Å². The van der Waals surface area contributed by atoms with Crippen LogP contribution in [-0.2, 0) is 6.54 Å². The maximum atomic E-state index is 13.6. The van der Waals surface area contributed by atoms with Crippen LogP contribution in [0.5, 0.6) is 0 Å². The fraction of sp³-hybridized carbons (Fsp3) is 0.231. The molecule has 1 heterocycles. The number of carbonyl (C=O) groups excluding carboxylic acids is 1. The summed E-state index contributed by atoms with van der Waals surface area (Å²) in [5.41, 5.74) is 5.00. The molecule has 0 saturated heterocycles. The largest absolute Gasteiger partial charge is 0.378 e. The van der Waals surface area contributed by atoms with Crippen LogP contribution in [0, 0.1) is 0 Å². The zero-order valence-electron chi connectivity index (χ0n) is 18.4. The van der Waals surface area contributed by atoms with Gasteiger partial charge in [0.05, 0.1) is 16.8 Å². The van der Waals surface area contributed by atoms with Crippen LogP contribution in [0.4, 0.5) is 10.8 Å². The van der Waals surface area contributed by atoms with Crippen molar-refractivity contribution >= 4 is 38.3 Å². The van der Waals surface area contributed by atoms with Crippen molar-refractivity contribution in [1.29, 1.82) is 0 Å². The van der Waals surface area contributed by atoms with Crippen LogP contribution in [0.3, 0.4) is 0 Å². The molecule has 31 heavy (non-hydrogen) atoms. The average Bonchev–Trinajstić information content (AvgIpc) is 3.21. The quantitative estimate of drug-likeness (QED) is 0.359. The molecule has 0 atom stereocenters. The number of hydrogen-bond acceptors (Lipinski definition) is 4. The standard InChI is InChI=1S/C26H27N3OS/c1-18(2)22-11-8-12-23-24(22)27-26(31-23)29(17-19-9-6-5-7-10-19)25(30)20-13-15-21(16-14-20)28(3)4/h5-16,18H,17H2,1-4H3. The van der Waals surface area contributed by atoms with Crippen LogP contribution >= 0.6 is 11.3 Å². The van der Waals surface area contributed by atoms with Gasteiger partial charge in [-0.15, -0.1) is 0 Å². The Labute approximate surface area is 187 Å². The van der Waals surface area contributed by atoms with Gasteiger partial charge in [-0.25, -0.2) is 4.98 Å². The SMILES string of the molecule is CC(C)c1cccc2sc(N(Cc3ccccc3)C(=O)c3ccc(N(C)C)cc3)nc12. The van der Waals surface area contributed by atoms with E-state index in [0.717, 1.165) is 26.6 Å². The maximum absolute atomic E-state index is 13.6. The second-order valence-corrected chi connectivity index (χ2v) is 9.17. The Hall–Kier alpha value is -3.18. The van der Waals surface area contributed by atoms with Crippen molar-refractivity contribution in [3.8, 4) is 0 Å². The van der Waals surface area contributed by atoms with Gasteiger partial charge >= 0.3 is 0 Å². The van der Waals surface area contributed by atoms with Gasteiger partial charge < -0.3 is 4.90 Å². The fourth-order valence-electron chi connectivity index (χ4n) is 3.59. The molecule has 0 aliphatic heterocycles. The van der Waals surface area contributed by atoms with Crippen LogP contribution in [0.25, 0.3) is 10.2 Å². The number of carbonyl (C=O) groups is 1. The van der Waals surface area contributed by atoms with E-state index in [0.29, 0.717) is 18.0 Å². The van der Waals surface area contributed by atoms with Crippen molar-refractivity contribution in [3.05, 3.63) is 89.5 Å². The molecular formula is C26H27N3OS. The number of anilines is 2. The molecule has 0 saturated carbocycles. The lowest BCUT2D eigenvalue weighted by molar-refractivity contribution is 0.0985. The highest BCUT2D eigenvalue weighted by atomic mass is 32.1. The summed E-state index contributed by atoms with van der Waals surface area (Å²) in [4.78, 5) is 22.4. The number of thiazole rings is 1. The predicted molar refractivity (Wildman–Crippen MR) is 131 cm³/mol. The van der Waals surface area contributed by atoms with Gasteiger partial charge in [-0.3, -0.25) is 9.69 Å². The Morgan fingerprint density at radius 3 is 2.29 bits per heavy atom. The first-order valence-corrected chi connectivity index (χ1v) is 11.3. The van der Waals surface area contributed by atoms with Gasteiger partial charge in [0.25, 0.3) is 5.91 Å². The molecule has 4 rings (SSSR count). The van der Waals surface area contributed by atoms with E-state index >= 15 is 0 Å². The third-order valence-corrected chi connectivity index (χ3v) is 6.39. The molecule has 0 fully saturated rings.